The Labute approximate surface area is 109 Å². The van der Waals surface area contributed by atoms with Crippen LogP contribution in [0.15, 0.2) is 30.3 Å². The molecule has 0 spiro atoms. The first-order valence-corrected chi connectivity index (χ1v) is 7.53. The van der Waals surface area contributed by atoms with Gasteiger partial charge in [0.25, 0.3) is 0 Å². The van der Waals surface area contributed by atoms with Gasteiger partial charge < -0.3 is 10.2 Å². The SMILES string of the molecule is CN(CCN[C@H]1CCSC1)Cc1ccccc1. The summed E-state index contributed by atoms with van der Waals surface area (Å²) in [5.41, 5.74) is 1.39. The first kappa shape index (κ1) is 12.9. The quantitative estimate of drug-likeness (QED) is 0.833. The molecule has 1 aliphatic rings. The predicted octanol–water partition coefficient (Wildman–Crippen LogP) is 2.21. The van der Waals surface area contributed by atoms with E-state index in [1.165, 1.54) is 23.5 Å². The van der Waals surface area contributed by atoms with E-state index >= 15 is 0 Å². The second-order valence-electron chi connectivity index (χ2n) is 4.74. The minimum absolute atomic E-state index is 0.755. The Bertz CT molecular complexity index is 309. The Morgan fingerprint density at radius 1 is 1.35 bits per heavy atom. The Kier molecular flexibility index (Phi) is 5.36. The van der Waals surface area contributed by atoms with Gasteiger partial charge in [-0.25, -0.2) is 0 Å². The normalized spacial score (nSPS) is 20.0. The second-order valence-corrected chi connectivity index (χ2v) is 5.89. The standard InChI is InChI=1S/C14H22N2S/c1-16(11-13-5-3-2-4-6-13)9-8-15-14-7-10-17-12-14/h2-6,14-15H,7-12H2,1H3/t14-/m0/s1. The molecule has 0 radical (unpaired) electrons. The molecule has 0 saturated carbocycles. The third-order valence-corrected chi connectivity index (χ3v) is 4.31. The van der Waals surface area contributed by atoms with Crippen molar-refractivity contribution in [3.63, 3.8) is 0 Å². The lowest BCUT2D eigenvalue weighted by molar-refractivity contribution is 0.319. The number of hydrogen-bond donors (Lipinski definition) is 1. The van der Waals surface area contributed by atoms with Crippen LogP contribution in [0.2, 0.25) is 0 Å². The highest BCUT2D eigenvalue weighted by atomic mass is 32.2. The molecule has 17 heavy (non-hydrogen) atoms. The molecular weight excluding hydrogens is 228 g/mol. The van der Waals surface area contributed by atoms with E-state index in [4.69, 9.17) is 0 Å². The van der Waals surface area contributed by atoms with Gasteiger partial charge in [0.2, 0.25) is 0 Å². The van der Waals surface area contributed by atoms with Gasteiger partial charge in [-0.05, 0) is 24.8 Å². The zero-order valence-electron chi connectivity index (χ0n) is 10.6. The third kappa shape index (κ3) is 4.70. The van der Waals surface area contributed by atoms with E-state index in [0.717, 1.165) is 25.7 Å². The summed E-state index contributed by atoms with van der Waals surface area (Å²) >= 11 is 2.07. The van der Waals surface area contributed by atoms with Crippen LogP contribution in [0.3, 0.4) is 0 Å². The van der Waals surface area contributed by atoms with Crippen molar-refractivity contribution in [1.82, 2.24) is 10.2 Å². The number of likely N-dealkylation sites (N-methyl/N-ethyl adjacent to an activating group) is 1. The molecule has 2 rings (SSSR count). The molecule has 1 aliphatic heterocycles. The molecular formula is C14H22N2S. The van der Waals surface area contributed by atoms with Crippen molar-refractivity contribution in [2.24, 2.45) is 0 Å². The molecule has 1 N–H and O–H groups in total. The highest BCUT2D eigenvalue weighted by Crippen LogP contribution is 2.16. The minimum Gasteiger partial charge on any atom is -0.312 e. The Hall–Kier alpha value is -0.510. The fraction of sp³-hybridized carbons (Fsp3) is 0.571. The van der Waals surface area contributed by atoms with E-state index in [0.29, 0.717) is 0 Å². The zero-order valence-corrected chi connectivity index (χ0v) is 11.4. The molecule has 1 atom stereocenters. The Morgan fingerprint density at radius 2 is 2.18 bits per heavy atom. The molecule has 1 fully saturated rings. The van der Waals surface area contributed by atoms with Crippen molar-refractivity contribution < 1.29 is 0 Å². The minimum atomic E-state index is 0.755. The topological polar surface area (TPSA) is 15.3 Å². The van der Waals surface area contributed by atoms with E-state index < -0.39 is 0 Å². The summed E-state index contributed by atoms with van der Waals surface area (Å²) in [7, 11) is 2.19. The molecule has 0 aliphatic carbocycles. The number of thioether (sulfide) groups is 1. The van der Waals surface area contributed by atoms with Crippen LogP contribution in [0.25, 0.3) is 0 Å². The Morgan fingerprint density at radius 3 is 2.88 bits per heavy atom. The lowest BCUT2D eigenvalue weighted by Crippen LogP contribution is -2.35. The van der Waals surface area contributed by atoms with E-state index in [9.17, 15) is 0 Å². The molecule has 0 bridgehead atoms. The van der Waals surface area contributed by atoms with Gasteiger partial charge in [0.05, 0.1) is 0 Å². The fourth-order valence-corrected chi connectivity index (χ4v) is 3.32. The largest absolute Gasteiger partial charge is 0.312 e. The molecule has 0 aromatic heterocycles. The van der Waals surface area contributed by atoms with Gasteiger partial charge in [-0.3, -0.25) is 0 Å². The summed E-state index contributed by atoms with van der Waals surface area (Å²) in [6, 6.07) is 11.4. The molecule has 2 nitrogen and oxygen atoms in total. The smallest absolute Gasteiger partial charge is 0.0231 e. The lowest BCUT2D eigenvalue weighted by Gasteiger charge is -2.18. The first-order valence-electron chi connectivity index (χ1n) is 6.38. The highest BCUT2D eigenvalue weighted by Gasteiger charge is 2.14. The first-order chi connectivity index (χ1) is 8.34. The highest BCUT2D eigenvalue weighted by molar-refractivity contribution is 7.99. The summed E-state index contributed by atoms with van der Waals surface area (Å²) < 4.78 is 0. The zero-order chi connectivity index (χ0) is 11.9. The summed E-state index contributed by atoms with van der Waals surface area (Å²) in [6.07, 6.45) is 1.34. The van der Waals surface area contributed by atoms with E-state index in [1.54, 1.807) is 0 Å². The van der Waals surface area contributed by atoms with Gasteiger partial charge in [-0.1, -0.05) is 30.3 Å². The number of nitrogens with one attached hydrogen (secondary N) is 1. The van der Waals surface area contributed by atoms with Crippen molar-refractivity contribution in [3.05, 3.63) is 35.9 Å². The summed E-state index contributed by atoms with van der Waals surface area (Å²) in [5, 5.41) is 3.64. The molecule has 0 amide bonds. The van der Waals surface area contributed by atoms with Gasteiger partial charge in [-0.2, -0.15) is 11.8 Å². The van der Waals surface area contributed by atoms with E-state index in [1.807, 2.05) is 0 Å². The van der Waals surface area contributed by atoms with Crippen molar-refractivity contribution in [3.8, 4) is 0 Å². The van der Waals surface area contributed by atoms with Crippen LogP contribution in [0, 0.1) is 0 Å². The van der Waals surface area contributed by atoms with Crippen LogP contribution in [0.4, 0.5) is 0 Å². The average molecular weight is 250 g/mol. The maximum absolute atomic E-state index is 3.64. The fourth-order valence-electron chi connectivity index (χ4n) is 2.13. The van der Waals surface area contributed by atoms with Crippen molar-refractivity contribution in [2.75, 3.05) is 31.6 Å². The number of benzene rings is 1. The van der Waals surface area contributed by atoms with Gasteiger partial charge in [0.15, 0.2) is 0 Å². The van der Waals surface area contributed by atoms with Gasteiger partial charge in [0, 0.05) is 31.4 Å². The second kappa shape index (κ2) is 7.04. The number of rotatable bonds is 6. The summed E-state index contributed by atoms with van der Waals surface area (Å²) in [6.45, 7) is 3.27. The molecule has 1 heterocycles. The van der Waals surface area contributed by atoms with Crippen molar-refractivity contribution in [2.45, 2.75) is 19.0 Å². The third-order valence-electron chi connectivity index (χ3n) is 3.15. The predicted molar refractivity (Wildman–Crippen MR) is 76.5 cm³/mol. The van der Waals surface area contributed by atoms with Crippen LogP contribution >= 0.6 is 11.8 Å². The summed E-state index contributed by atoms with van der Waals surface area (Å²) in [5.74, 6) is 2.62. The van der Waals surface area contributed by atoms with Gasteiger partial charge in [0.1, 0.15) is 0 Å². The Balaban J connectivity index is 1.62. The molecule has 3 heteroatoms. The molecule has 1 aromatic carbocycles. The molecule has 1 saturated heterocycles. The van der Waals surface area contributed by atoms with Crippen LogP contribution in [0.5, 0.6) is 0 Å². The molecule has 0 unspecified atom stereocenters. The number of hydrogen-bond acceptors (Lipinski definition) is 3. The van der Waals surface area contributed by atoms with Gasteiger partial charge in [-0.15, -0.1) is 0 Å². The average Bonchev–Trinajstić information content (AvgIpc) is 2.83. The summed E-state index contributed by atoms with van der Waals surface area (Å²) in [4.78, 5) is 2.38. The van der Waals surface area contributed by atoms with Crippen LogP contribution in [-0.4, -0.2) is 42.6 Å². The monoisotopic (exact) mass is 250 g/mol. The maximum Gasteiger partial charge on any atom is 0.0231 e. The van der Waals surface area contributed by atoms with E-state index in [-0.39, 0.29) is 0 Å². The van der Waals surface area contributed by atoms with Gasteiger partial charge >= 0.3 is 0 Å². The molecule has 94 valence electrons. The van der Waals surface area contributed by atoms with Crippen molar-refractivity contribution >= 4 is 11.8 Å². The maximum atomic E-state index is 3.64. The molecule has 1 aromatic rings. The van der Waals surface area contributed by atoms with Crippen LogP contribution < -0.4 is 5.32 Å². The van der Waals surface area contributed by atoms with E-state index in [2.05, 4.69) is 59.4 Å². The van der Waals surface area contributed by atoms with Crippen LogP contribution in [0.1, 0.15) is 12.0 Å². The lowest BCUT2D eigenvalue weighted by atomic mass is 10.2. The van der Waals surface area contributed by atoms with Crippen molar-refractivity contribution in [1.29, 1.82) is 0 Å². The van der Waals surface area contributed by atoms with Crippen LogP contribution in [-0.2, 0) is 6.54 Å². The number of nitrogens with zero attached hydrogens (tertiary/aromatic N) is 1.